The highest BCUT2D eigenvalue weighted by molar-refractivity contribution is 7.20. The number of non-ortho nitro benzene ring substituents is 1. The molecule has 1 aliphatic rings. The number of hydrogen-bond donors (Lipinski definition) is 2. The van der Waals surface area contributed by atoms with Gasteiger partial charge in [0.25, 0.3) is 11.6 Å². The molecule has 1 fully saturated rings. The summed E-state index contributed by atoms with van der Waals surface area (Å²) in [5, 5.41) is 16.9. The fraction of sp³-hybridized carbons (Fsp3) is 0.368. The van der Waals surface area contributed by atoms with Gasteiger partial charge in [-0.1, -0.05) is 43.0 Å². The normalized spacial score (nSPS) is 14.5. The van der Waals surface area contributed by atoms with Gasteiger partial charge in [0.15, 0.2) is 0 Å². The Bertz CT molecular complexity index is 893. The monoisotopic (exact) mass is 421 g/mol. The zero-order valence-electron chi connectivity index (χ0n) is 15.1. The Hall–Kier alpha value is -2.45. The molecule has 1 saturated carbocycles. The maximum Gasteiger partial charge on any atom is 0.269 e. The van der Waals surface area contributed by atoms with E-state index in [0.29, 0.717) is 20.5 Å². The minimum atomic E-state index is -0.483. The number of nitro groups is 1. The number of nitro benzene ring substituents is 1. The number of carbonyl (C=O) groups excluding carboxylic acids is 2. The number of halogens is 1. The smallest absolute Gasteiger partial charge is 0.269 e. The summed E-state index contributed by atoms with van der Waals surface area (Å²) in [5.41, 5.74) is 0.868. The van der Waals surface area contributed by atoms with Crippen molar-refractivity contribution < 1.29 is 14.5 Å². The van der Waals surface area contributed by atoms with Crippen LogP contribution in [0.1, 0.15) is 48.0 Å². The van der Waals surface area contributed by atoms with Crippen molar-refractivity contribution in [3.05, 3.63) is 55.9 Å². The quantitative estimate of drug-likeness (QED) is 0.518. The van der Waals surface area contributed by atoms with E-state index in [1.54, 1.807) is 12.1 Å². The number of carbonyl (C=O) groups is 2. The average molecular weight is 422 g/mol. The first-order valence-corrected chi connectivity index (χ1v) is 10.2. The molecule has 2 N–H and O–H groups in total. The van der Waals surface area contributed by atoms with E-state index in [1.165, 1.54) is 18.2 Å². The molecule has 0 radical (unpaired) electrons. The molecule has 1 aromatic heterocycles. The number of anilines is 1. The highest BCUT2D eigenvalue weighted by atomic mass is 35.5. The molecule has 1 aromatic carbocycles. The Morgan fingerprint density at radius 3 is 2.68 bits per heavy atom. The van der Waals surface area contributed by atoms with Crippen molar-refractivity contribution in [2.45, 2.75) is 38.6 Å². The van der Waals surface area contributed by atoms with E-state index in [4.69, 9.17) is 11.6 Å². The van der Waals surface area contributed by atoms with Gasteiger partial charge in [-0.3, -0.25) is 19.7 Å². The summed E-state index contributed by atoms with van der Waals surface area (Å²) in [5.74, 6) is -0.505. The minimum Gasteiger partial charge on any atom is -0.348 e. The largest absolute Gasteiger partial charge is 0.348 e. The number of nitrogens with one attached hydrogen (secondary N) is 2. The molecule has 2 amide bonds. The van der Waals surface area contributed by atoms with Gasteiger partial charge in [0, 0.05) is 24.6 Å². The van der Waals surface area contributed by atoms with Crippen molar-refractivity contribution in [1.29, 1.82) is 0 Å². The molecule has 148 valence electrons. The molecule has 9 heteroatoms. The molecule has 0 saturated heterocycles. The summed E-state index contributed by atoms with van der Waals surface area (Å²) in [7, 11) is 0. The Kier molecular flexibility index (Phi) is 6.64. The molecule has 3 rings (SSSR count). The van der Waals surface area contributed by atoms with Crippen molar-refractivity contribution in [1.82, 2.24) is 5.32 Å². The summed E-state index contributed by atoms with van der Waals surface area (Å²) >= 11 is 7.21. The Morgan fingerprint density at radius 1 is 1.21 bits per heavy atom. The van der Waals surface area contributed by atoms with Crippen LogP contribution in [0.5, 0.6) is 0 Å². The van der Waals surface area contributed by atoms with Crippen molar-refractivity contribution in [3.63, 3.8) is 0 Å². The molecule has 0 aliphatic heterocycles. The van der Waals surface area contributed by atoms with Crippen LogP contribution in [0.25, 0.3) is 0 Å². The first kappa shape index (κ1) is 20.3. The molecular formula is C19H20ClN3O4S. The summed E-state index contributed by atoms with van der Waals surface area (Å²) in [4.78, 5) is 35.4. The lowest BCUT2D eigenvalue weighted by Gasteiger charge is -2.20. The molecule has 0 unspecified atom stereocenters. The van der Waals surface area contributed by atoms with E-state index in [9.17, 15) is 19.7 Å². The maximum absolute atomic E-state index is 12.6. The van der Waals surface area contributed by atoms with Crippen LogP contribution in [0.4, 0.5) is 10.7 Å². The van der Waals surface area contributed by atoms with E-state index in [-0.39, 0.29) is 24.1 Å². The van der Waals surface area contributed by atoms with Crippen LogP contribution in [0.3, 0.4) is 0 Å². The van der Waals surface area contributed by atoms with Gasteiger partial charge >= 0.3 is 0 Å². The SMILES string of the molecule is O=C(NCc1cccc([N+](=O)[O-])c1)c1cc(Cl)sc1NC(=O)C1CCCCC1. The number of benzene rings is 1. The zero-order valence-corrected chi connectivity index (χ0v) is 16.6. The first-order valence-electron chi connectivity index (χ1n) is 9.06. The third kappa shape index (κ3) is 5.08. The summed E-state index contributed by atoms with van der Waals surface area (Å²) < 4.78 is 0.402. The topological polar surface area (TPSA) is 101 Å². The summed E-state index contributed by atoms with van der Waals surface area (Å²) in [6, 6.07) is 7.58. The molecular weight excluding hydrogens is 402 g/mol. The van der Waals surface area contributed by atoms with Crippen molar-refractivity contribution in [2.24, 2.45) is 5.92 Å². The zero-order chi connectivity index (χ0) is 20.1. The maximum atomic E-state index is 12.6. The van der Waals surface area contributed by atoms with Crippen molar-refractivity contribution >= 4 is 45.4 Å². The second-order valence-electron chi connectivity index (χ2n) is 6.73. The number of nitrogens with zero attached hydrogens (tertiary/aromatic N) is 1. The van der Waals surface area contributed by atoms with Crippen LogP contribution in [0, 0.1) is 16.0 Å². The van der Waals surface area contributed by atoms with E-state index < -0.39 is 10.8 Å². The molecule has 28 heavy (non-hydrogen) atoms. The van der Waals surface area contributed by atoms with Gasteiger partial charge < -0.3 is 10.6 Å². The number of thiophene rings is 1. The predicted molar refractivity (Wildman–Crippen MR) is 109 cm³/mol. The molecule has 7 nitrogen and oxygen atoms in total. The fourth-order valence-corrected chi connectivity index (χ4v) is 4.38. The van der Waals surface area contributed by atoms with Gasteiger partial charge in [-0.2, -0.15) is 0 Å². The third-order valence-corrected chi connectivity index (χ3v) is 5.91. The van der Waals surface area contributed by atoms with Crippen LogP contribution >= 0.6 is 22.9 Å². The van der Waals surface area contributed by atoms with Crippen LogP contribution in [-0.4, -0.2) is 16.7 Å². The third-order valence-electron chi connectivity index (χ3n) is 4.73. The average Bonchev–Trinajstić information content (AvgIpc) is 3.07. The molecule has 0 atom stereocenters. The first-order chi connectivity index (χ1) is 13.4. The molecule has 0 spiro atoms. The van der Waals surface area contributed by atoms with Gasteiger partial charge in [-0.15, -0.1) is 11.3 Å². The highest BCUT2D eigenvalue weighted by Gasteiger charge is 2.24. The van der Waals surface area contributed by atoms with E-state index >= 15 is 0 Å². The van der Waals surface area contributed by atoms with Gasteiger partial charge in [0.2, 0.25) is 5.91 Å². The molecule has 1 aliphatic carbocycles. The van der Waals surface area contributed by atoms with Gasteiger partial charge in [-0.05, 0) is 24.5 Å². The number of amides is 2. The second kappa shape index (κ2) is 9.16. The van der Waals surface area contributed by atoms with Crippen LogP contribution in [-0.2, 0) is 11.3 Å². The van der Waals surface area contributed by atoms with Gasteiger partial charge in [0.05, 0.1) is 14.8 Å². The lowest BCUT2D eigenvalue weighted by Crippen LogP contribution is -2.27. The molecule has 0 bridgehead atoms. The van der Waals surface area contributed by atoms with E-state index in [0.717, 1.165) is 43.4 Å². The number of rotatable bonds is 6. The van der Waals surface area contributed by atoms with Crippen molar-refractivity contribution in [3.8, 4) is 0 Å². The molecule has 2 aromatic rings. The van der Waals surface area contributed by atoms with Crippen LogP contribution in [0.15, 0.2) is 30.3 Å². The Labute approximate surface area is 171 Å². The second-order valence-corrected chi connectivity index (χ2v) is 8.41. The Balaban J connectivity index is 1.66. The van der Waals surface area contributed by atoms with E-state index in [1.807, 2.05) is 0 Å². The number of hydrogen-bond acceptors (Lipinski definition) is 5. The summed E-state index contributed by atoms with van der Waals surface area (Å²) in [6.07, 6.45) is 4.96. The van der Waals surface area contributed by atoms with Gasteiger partial charge in [-0.25, -0.2) is 0 Å². The lowest BCUT2D eigenvalue weighted by molar-refractivity contribution is -0.384. The molecule has 1 heterocycles. The Morgan fingerprint density at radius 2 is 1.96 bits per heavy atom. The minimum absolute atomic E-state index is 0.0320. The van der Waals surface area contributed by atoms with Crippen LogP contribution < -0.4 is 10.6 Å². The lowest BCUT2D eigenvalue weighted by atomic mass is 9.89. The van der Waals surface area contributed by atoms with Crippen molar-refractivity contribution in [2.75, 3.05) is 5.32 Å². The standard InChI is InChI=1S/C19H20ClN3O4S/c20-16-10-15(19(28-16)22-17(24)13-6-2-1-3-7-13)18(25)21-11-12-5-4-8-14(9-12)23(26)27/h4-5,8-10,13H,1-3,6-7,11H2,(H,21,25)(H,22,24). The van der Waals surface area contributed by atoms with E-state index in [2.05, 4.69) is 10.6 Å². The fourth-order valence-electron chi connectivity index (χ4n) is 3.26. The van der Waals surface area contributed by atoms with Crippen LogP contribution in [0.2, 0.25) is 4.34 Å². The highest BCUT2D eigenvalue weighted by Crippen LogP contribution is 2.33. The predicted octanol–water partition coefficient (Wildman–Crippen LogP) is 4.76. The van der Waals surface area contributed by atoms with Gasteiger partial charge in [0.1, 0.15) is 5.00 Å². The summed E-state index contributed by atoms with van der Waals surface area (Å²) in [6.45, 7) is 0.129.